The molecule has 1 aromatic rings. The van der Waals surface area contributed by atoms with Crippen LogP contribution >= 0.6 is 0 Å². The molecule has 5 heteroatoms. The first-order chi connectivity index (χ1) is 10.8. The van der Waals surface area contributed by atoms with Gasteiger partial charge >= 0.3 is 0 Å². The van der Waals surface area contributed by atoms with Crippen molar-refractivity contribution in [1.29, 1.82) is 0 Å². The van der Waals surface area contributed by atoms with Crippen LogP contribution in [0.5, 0.6) is 0 Å². The molecule has 126 valence electrons. The van der Waals surface area contributed by atoms with Crippen molar-refractivity contribution < 1.29 is 14.0 Å². The Labute approximate surface area is 137 Å². The molecule has 1 unspecified atom stereocenters. The Morgan fingerprint density at radius 3 is 2.74 bits per heavy atom. The Morgan fingerprint density at radius 2 is 2.09 bits per heavy atom. The molecular formula is C18H25FN2O2. The molecule has 4 nitrogen and oxygen atoms in total. The van der Waals surface area contributed by atoms with Crippen molar-refractivity contribution in [3.05, 3.63) is 35.6 Å². The van der Waals surface area contributed by atoms with Crippen LogP contribution in [-0.2, 0) is 16.1 Å². The van der Waals surface area contributed by atoms with E-state index in [0.29, 0.717) is 30.9 Å². The van der Waals surface area contributed by atoms with Gasteiger partial charge in [-0.3, -0.25) is 9.59 Å². The zero-order valence-corrected chi connectivity index (χ0v) is 14.1. The third-order valence-electron chi connectivity index (χ3n) is 4.51. The number of hydrogen-bond acceptors (Lipinski definition) is 2. The van der Waals surface area contributed by atoms with Crippen LogP contribution < -0.4 is 5.32 Å². The fraction of sp³-hybridized carbons (Fsp3) is 0.556. The number of rotatable bonds is 6. The second kappa shape index (κ2) is 7.11. The first-order valence-corrected chi connectivity index (χ1v) is 8.17. The van der Waals surface area contributed by atoms with Crippen LogP contribution in [0.3, 0.4) is 0 Å². The van der Waals surface area contributed by atoms with E-state index in [-0.39, 0.29) is 24.2 Å². The highest BCUT2D eigenvalue weighted by atomic mass is 19.1. The average molecular weight is 320 g/mol. The van der Waals surface area contributed by atoms with E-state index in [1.165, 1.54) is 11.0 Å². The Hall–Kier alpha value is -1.91. The predicted molar refractivity (Wildman–Crippen MR) is 87.1 cm³/mol. The lowest BCUT2D eigenvalue weighted by molar-refractivity contribution is -0.141. The van der Waals surface area contributed by atoms with Crippen LogP contribution in [0.1, 0.15) is 45.6 Å². The third-order valence-corrected chi connectivity index (χ3v) is 4.51. The van der Waals surface area contributed by atoms with Crippen LogP contribution in [-0.4, -0.2) is 28.8 Å². The maximum atomic E-state index is 13.9. The molecule has 2 rings (SSSR count). The molecule has 1 aliphatic rings. The van der Waals surface area contributed by atoms with E-state index in [0.717, 1.165) is 6.42 Å². The number of hydrogen-bond donors (Lipinski definition) is 1. The van der Waals surface area contributed by atoms with Crippen molar-refractivity contribution in [2.45, 2.75) is 52.1 Å². The monoisotopic (exact) mass is 320 g/mol. The van der Waals surface area contributed by atoms with Crippen molar-refractivity contribution >= 4 is 11.8 Å². The fourth-order valence-electron chi connectivity index (χ4n) is 2.86. The van der Waals surface area contributed by atoms with Crippen molar-refractivity contribution in [3.8, 4) is 0 Å². The maximum Gasteiger partial charge on any atom is 0.245 e. The summed E-state index contributed by atoms with van der Waals surface area (Å²) in [4.78, 5) is 26.3. The minimum Gasteiger partial charge on any atom is -0.354 e. The van der Waals surface area contributed by atoms with Crippen molar-refractivity contribution in [1.82, 2.24) is 10.2 Å². The van der Waals surface area contributed by atoms with Gasteiger partial charge in [-0.1, -0.05) is 32.0 Å². The third kappa shape index (κ3) is 3.89. The summed E-state index contributed by atoms with van der Waals surface area (Å²) in [6.45, 7) is 6.67. The molecule has 2 amide bonds. The van der Waals surface area contributed by atoms with Gasteiger partial charge < -0.3 is 10.2 Å². The molecule has 0 spiro atoms. The lowest BCUT2D eigenvalue weighted by Gasteiger charge is -2.34. The molecule has 1 N–H and O–H groups in total. The predicted octanol–water partition coefficient (Wildman–Crippen LogP) is 2.87. The number of nitrogens with zero attached hydrogens (tertiary/aromatic N) is 1. The van der Waals surface area contributed by atoms with E-state index in [4.69, 9.17) is 0 Å². The summed E-state index contributed by atoms with van der Waals surface area (Å²) in [6, 6.07) is 6.37. The van der Waals surface area contributed by atoms with Crippen LogP contribution in [0.25, 0.3) is 0 Å². The molecular weight excluding hydrogens is 295 g/mol. The second-order valence-electron chi connectivity index (χ2n) is 6.78. The minimum atomic E-state index is -0.906. The molecule has 0 radical (unpaired) electrons. The van der Waals surface area contributed by atoms with Gasteiger partial charge in [0.05, 0.1) is 0 Å². The Bertz CT molecular complexity index is 588. The lowest BCUT2D eigenvalue weighted by atomic mass is 9.96. The molecule has 0 saturated carbocycles. The maximum absolute atomic E-state index is 13.9. The molecule has 1 aliphatic heterocycles. The van der Waals surface area contributed by atoms with Crippen molar-refractivity contribution in [2.75, 3.05) is 6.54 Å². The molecule has 0 aromatic heterocycles. The Balaban J connectivity index is 2.11. The molecule has 0 bridgehead atoms. The number of carbonyl (C=O) groups excluding carboxylic acids is 2. The van der Waals surface area contributed by atoms with Gasteiger partial charge in [-0.15, -0.1) is 0 Å². The molecule has 1 heterocycles. The molecule has 1 fully saturated rings. The summed E-state index contributed by atoms with van der Waals surface area (Å²) < 4.78 is 13.9. The van der Waals surface area contributed by atoms with E-state index in [1.807, 2.05) is 0 Å². The van der Waals surface area contributed by atoms with E-state index in [1.54, 1.807) is 25.1 Å². The number of nitrogens with one attached hydrogen (secondary N) is 1. The van der Waals surface area contributed by atoms with Gasteiger partial charge in [0.15, 0.2) is 0 Å². The quantitative estimate of drug-likeness (QED) is 0.876. The van der Waals surface area contributed by atoms with Gasteiger partial charge in [0.25, 0.3) is 0 Å². The van der Waals surface area contributed by atoms with Gasteiger partial charge in [-0.05, 0) is 31.7 Å². The molecule has 0 aliphatic carbocycles. The number of carbonyl (C=O) groups is 2. The van der Waals surface area contributed by atoms with E-state index in [9.17, 15) is 14.0 Å². The first kappa shape index (κ1) is 17.4. The standard InChI is InChI=1S/C18H25FN2O2/c1-13(2)9-11-20-17(23)18(3)10-8-16(22)21(18)12-14-6-4-5-7-15(14)19/h4-7,13H,8-12H2,1-3H3,(H,20,23). The van der Waals surface area contributed by atoms with Crippen LogP contribution in [0, 0.1) is 11.7 Å². The summed E-state index contributed by atoms with van der Waals surface area (Å²) in [5.41, 5.74) is -0.472. The number of likely N-dealkylation sites (tertiary alicyclic amines) is 1. The Morgan fingerprint density at radius 1 is 1.39 bits per heavy atom. The summed E-state index contributed by atoms with van der Waals surface area (Å²) in [5, 5.41) is 2.92. The average Bonchev–Trinajstić information content (AvgIpc) is 2.78. The van der Waals surface area contributed by atoms with Crippen molar-refractivity contribution in [2.24, 2.45) is 5.92 Å². The summed E-state index contributed by atoms with van der Waals surface area (Å²) in [6.07, 6.45) is 1.68. The SMILES string of the molecule is CC(C)CCNC(=O)C1(C)CCC(=O)N1Cc1ccccc1F. The summed E-state index contributed by atoms with van der Waals surface area (Å²) >= 11 is 0. The van der Waals surface area contributed by atoms with Gasteiger partial charge in [0.2, 0.25) is 11.8 Å². The number of halogens is 1. The highest BCUT2D eigenvalue weighted by Gasteiger charge is 2.47. The number of amides is 2. The first-order valence-electron chi connectivity index (χ1n) is 8.17. The zero-order chi connectivity index (χ0) is 17.0. The van der Waals surface area contributed by atoms with Crippen LogP contribution in [0.2, 0.25) is 0 Å². The second-order valence-corrected chi connectivity index (χ2v) is 6.78. The molecule has 1 saturated heterocycles. The molecule has 1 atom stereocenters. The van der Waals surface area contributed by atoms with E-state index in [2.05, 4.69) is 19.2 Å². The van der Waals surface area contributed by atoms with Gasteiger partial charge in [-0.2, -0.15) is 0 Å². The highest BCUT2D eigenvalue weighted by molar-refractivity contribution is 5.94. The van der Waals surface area contributed by atoms with Gasteiger partial charge in [-0.25, -0.2) is 4.39 Å². The normalized spacial score (nSPS) is 21.1. The topological polar surface area (TPSA) is 49.4 Å². The van der Waals surface area contributed by atoms with E-state index >= 15 is 0 Å². The Kier molecular flexibility index (Phi) is 5.39. The van der Waals surface area contributed by atoms with Gasteiger partial charge in [0, 0.05) is 25.1 Å². The smallest absolute Gasteiger partial charge is 0.245 e. The summed E-state index contributed by atoms with van der Waals surface area (Å²) in [7, 11) is 0. The molecule has 23 heavy (non-hydrogen) atoms. The van der Waals surface area contributed by atoms with Crippen molar-refractivity contribution in [3.63, 3.8) is 0 Å². The summed E-state index contributed by atoms with van der Waals surface area (Å²) in [5.74, 6) is -0.104. The number of benzene rings is 1. The fourth-order valence-corrected chi connectivity index (χ4v) is 2.86. The zero-order valence-electron chi connectivity index (χ0n) is 14.1. The lowest BCUT2D eigenvalue weighted by Crippen LogP contribution is -2.54. The van der Waals surface area contributed by atoms with Gasteiger partial charge in [0.1, 0.15) is 11.4 Å². The highest BCUT2D eigenvalue weighted by Crippen LogP contribution is 2.32. The molecule has 1 aromatic carbocycles. The van der Waals surface area contributed by atoms with E-state index < -0.39 is 5.54 Å². The largest absolute Gasteiger partial charge is 0.354 e. The van der Waals surface area contributed by atoms with Crippen LogP contribution in [0.4, 0.5) is 4.39 Å². The minimum absolute atomic E-state index is 0.102. The van der Waals surface area contributed by atoms with Crippen LogP contribution in [0.15, 0.2) is 24.3 Å².